The standard InChI is InChI=1S/C19H27N3O4/c1-6-19(14-7-8-15(26-5)13(4)9-14)17(24)22(18(25)21-19)11-16(23)20-10-12(2)3/h7-9,12H,6,10-11H2,1-5H3,(H,20,23)(H,21,25). The maximum atomic E-state index is 13.0. The molecule has 1 aliphatic heterocycles. The van der Waals surface area contributed by atoms with Crippen LogP contribution in [-0.4, -0.2) is 42.9 Å². The third-order valence-corrected chi connectivity index (χ3v) is 4.60. The Labute approximate surface area is 154 Å². The zero-order valence-electron chi connectivity index (χ0n) is 16.0. The molecule has 0 aliphatic carbocycles. The van der Waals surface area contributed by atoms with Crippen LogP contribution < -0.4 is 15.4 Å². The van der Waals surface area contributed by atoms with Crippen LogP contribution in [0, 0.1) is 12.8 Å². The molecule has 1 saturated heterocycles. The molecule has 1 atom stereocenters. The summed E-state index contributed by atoms with van der Waals surface area (Å²) < 4.78 is 5.26. The van der Waals surface area contributed by atoms with E-state index in [1.807, 2.05) is 33.8 Å². The second kappa shape index (κ2) is 7.76. The Morgan fingerprint density at radius 2 is 2.04 bits per heavy atom. The quantitative estimate of drug-likeness (QED) is 0.727. The molecule has 1 unspecified atom stereocenters. The van der Waals surface area contributed by atoms with Gasteiger partial charge in [0.05, 0.1) is 7.11 Å². The molecule has 0 saturated carbocycles. The number of hydrogen-bond donors (Lipinski definition) is 2. The topological polar surface area (TPSA) is 87.7 Å². The van der Waals surface area contributed by atoms with Gasteiger partial charge in [0.2, 0.25) is 5.91 Å². The Morgan fingerprint density at radius 1 is 1.35 bits per heavy atom. The molecule has 4 amide bonds. The molecule has 0 bridgehead atoms. The summed E-state index contributed by atoms with van der Waals surface area (Å²) in [6.45, 7) is 7.88. The molecule has 26 heavy (non-hydrogen) atoms. The van der Waals surface area contributed by atoms with E-state index in [-0.39, 0.29) is 12.5 Å². The van der Waals surface area contributed by atoms with Crippen LogP contribution in [0.2, 0.25) is 0 Å². The number of hydrogen-bond acceptors (Lipinski definition) is 4. The first kappa shape index (κ1) is 19.8. The van der Waals surface area contributed by atoms with E-state index < -0.39 is 17.5 Å². The minimum Gasteiger partial charge on any atom is -0.496 e. The maximum Gasteiger partial charge on any atom is 0.325 e. The lowest BCUT2D eigenvalue weighted by Gasteiger charge is -2.26. The largest absolute Gasteiger partial charge is 0.496 e. The van der Waals surface area contributed by atoms with Gasteiger partial charge in [-0.3, -0.25) is 14.5 Å². The number of benzene rings is 1. The highest BCUT2D eigenvalue weighted by Gasteiger charge is 2.51. The number of nitrogens with zero attached hydrogens (tertiary/aromatic N) is 1. The Bertz CT molecular complexity index is 717. The van der Waals surface area contributed by atoms with E-state index in [1.54, 1.807) is 19.2 Å². The van der Waals surface area contributed by atoms with Crippen LogP contribution in [0.25, 0.3) is 0 Å². The fourth-order valence-electron chi connectivity index (χ4n) is 3.07. The molecule has 0 spiro atoms. The highest BCUT2D eigenvalue weighted by Crippen LogP contribution is 2.34. The van der Waals surface area contributed by atoms with Crippen molar-refractivity contribution in [3.8, 4) is 5.75 Å². The number of amides is 4. The molecule has 2 rings (SSSR count). The van der Waals surface area contributed by atoms with E-state index in [2.05, 4.69) is 10.6 Å². The van der Waals surface area contributed by atoms with Crippen LogP contribution in [-0.2, 0) is 15.1 Å². The molecule has 1 fully saturated rings. The molecule has 7 heteroatoms. The van der Waals surface area contributed by atoms with Crippen molar-refractivity contribution in [2.45, 2.75) is 39.7 Å². The summed E-state index contributed by atoms with van der Waals surface area (Å²) in [5, 5.41) is 5.51. The average Bonchev–Trinajstić information content (AvgIpc) is 2.85. The van der Waals surface area contributed by atoms with Gasteiger partial charge in [-0.05, 0) is 42.5 Å². The number of ether oxygens (including phenoxy) is 1. The van der Waals surface area contributed by atoms with Crippen molar-refractivity contribution in [1.82, 2.24) is 15.5 Å². The minimum atomic E-state index is -1.16. The lowest BCUT2D eigenvalue weighted by molar-refractivity contribution is -0.135. The summed E-state index contributed by atoms with van der Waals surface area (Å²) in [4.78, 5) is 38.5. The molecule has 1 aromatic rings. The normalized spacial score (nSPS) is 19.7. The Morgan fingerprint density at radius 3 is 2.58 bits per heavy atom. The second-order valence-electron chi connectivity index (χ2n) is 6.96. The Hall–Kier alpha value is -2.57. The van der Waals surface area contributed by atoms with Gasteiger partial charge in [0.15, 0.2) is 0 Å². The van der Waals surface area contributed by atoms with Crippen LogP contribution >= 0.6 is 0 Å². The highest BCUT2D eigenvalue weighted by molar-refractivity contribution is 6.09. The lowest BCUT2D eigenvalue weighted by Crippen LogP contribution is -2.45. The fourth-order valence-corrected chi connectivity index (χ4v) is 3.07. The van der Waals surface area contributed by atoms with E-state index >= 15 is 0 Å². The van der Waals surface area contributed by atoms with Gasteiger partial charge in [-0.25, -0.2) is 4.79 Å². The van der Waals surface area contributed by atoms with Gasteiger partial charge in [-0.15, -0.1) is 0 Å². The van der Waals surface area contributed by atoms with Gasteiger partial charge < -0.3 is 15.4 Å². The van der Waals surface area contributed by atoms with Gasteiger partial charge in [-0.2, -0.15) is 0 Å². The molecule has 1 aliphatic rings. The van der Waals surface area contributed by atoms with E-state index in [4.69, 9.17) is 4.74 Å². The SMILES string of the molecule is CCC1(c2ccc(OC)c(C)c2)NC(=O)N(CC(=O)NCC(C)C)C1=O. The Kier molecular flexibility index (Phi) is 5.90. The third-order valence-electron chi connectivity index (χ3n) is 4.60. The number of carbonyl (C=O) groups is 3. The summed E-state index contributed by atoms with van der Waals surface area (Å²) in [5.41, 5.74) is 0.390. The van der Waals surface area contributed by atoms with Gasteiger partial charge in [0.25, 0.3) is 5.91 Å². The predicted molar refractivity (Wildman–Crippen MR) is 97.8 cm³/mol. The van der Waals surface area contributed by atoms with Crippen molar-refractivity contribution in [1.29, 1.82) is 0 Å². The van der Waals surface area contributed by atoms with E-state index in [1.165, 1.54) is 0 Å². The summed E-state index contributed by atoms with van der Waals surface area (Å²) in [6, 6.07) is 4.84. The number of imide groups is 1. The molecular weight excluding hydrogens is 334 g/mol. The van der Waals surface area contributed by atoms with Crippen molar-refractivity contribution in [2.24, 2.45) is 5.92 Å². The molecular formula is C19H27N3O4. The predicted octanol–water partition coefficient (Wildman–Crippen LogP) is 1.93. The van der Waals surface area contributed by atoms with Gasteiger partial charge in [0, 0.05) is 6.54 Å². The van der Waals surface area contributed by atoms with Crippen molar-refractivity contribution in [3.05, 3.63) is 29.3 Å². The van der Waals surface area contributed by atoms with Crippen molar-refractivity contribution in [3.63, 3.8) is 0 Å². The van der Waals surface area contributed by atoms with E-state index in [9.17, 15) is 14.4 Å². The first-order chi connectivity index (χ1) is 12.2. The maximum absolute atomic E-state index is 13.0. The number of methoxy groups -OCH3 is 1. The number of rotatable bonds is 7. The summed E-state index contributed by atoms with van der Waals surface area (Å²) in [5.74, 6) is 0.245. The zero-order valence-corrected chi connectivity index (χ0v) is 16.0. The lowest BCUT2D eigenvalue weighted by atomic mass is 9.86. The summed E-state index contributed by atoms with van der Waals surface area (Å²) in [7, 11) is 1.58. The minimum absolute atomic E-state index is 0.283. The van der Waals surface area contributed by atoms with Crippen molar-refractivity contribution in [2.75, 3.05) is 20.2 Å². The molecule has 0 aromatic heterocycles. The van der Waals surface area contributed by atoms with E-state index in [0.29, 0.717) is 30.2 Å². The number of nitrogens with one attached hydrogen (secondary N) is 2. The monoisotopic (exact) mass is 361 g/mol. The molecule has 7 nitrogen and oxygen atoms in total. The Balaban J connectivity index is 2.26. The van der Waals surface area contributed by atoms with Gasteiger partial charge in [-0.1, -0.05) is 26.8 Å². The fraction of sp³-hybridized carbons (Fsp3) is 0.526. The zero-order chi connectivity index (χ0) is 19.5. The third kappa shape index (κ3) is 3.66. The molecule has 1 heterocycles. The first-order valence-electron chi connectivity index (χ1n) is 8.81. The van der Waals surface area contributed by atoms with Crippen LogP contribution in [0.15, 0.2) is 18.2 Å². The van der Waals surface area contributed by atoms with Crippen molar-refractivity contribution < 1.29 is 19.1 Å². The van der Waals surface area contributed by atoms with Crippen molar-refractivity contribution >= 4 is 17.8 Å². The van der Waals surface area contributed by atoms with Crippen LogP contribution in [0.3, 0.4) is 0 Å². The first-order valence-corrected chi connectivity index (χ1v) is 8.81. The number of urea groups is 1. The van der Waals surface area contributed by atoms with Gasteiger partial charge >= 0.3 is 6.03 Å². The van der Waals surface area contributed by atoms with E-state index in [0.717, 1.165) is 10.5 Å². The van der Waals surface area contributed by atoms with Gasteiger partial charge in [0.1, 0.15) is 17.8 Å². The average molecular weight is 361 g/mol. The van der Waals surface area contributed by atoms with Crippen LogP contribution in [0.5, 0.6) is 5.75 Å². The summed E-state index contributed by atoms with van der Waals surface area (Å²) in [6.07, 6.45) is 0.382. The molecule has 2 N–H and O–H groups in total. The number of carbonyl (C=O) groups excluding carboxylic acids is 3. The second-order valence-corrected chi connectivity index (χ2v) is 6.96. The molecule has 0 radical (unpaired) electrons. The highest BCUT2D eigenvalue weighted by atomic mass is 16.5. The molecule has 1 aromatic carbocycles. The van der Waals surface area contributed by atoms with Crippen LogP contribution in [0.1, 0.15) is 38.3 Å². The molecule has 142 valence electrons. The number of aryl methyl sites for hydroxylation is 1. The van der Waals surface area contributed by atoms with Crippen LogP contribution in [0.4, 0.5) is 4.79 Å². The summed E-state index contributed by atoms with van der Waals surface area (Å²) >= 11 is 0. The smallest absolute Gasteiger partial charge is 0.325 e.